The number of amides is 2. The number of carbonyl (C=O) groups excluding carboxylic acids is 2. The molecular weight excluding hydrogens is 675 g/mol. The summed E-state index contributed by atoms with van der Waals surface area (Å²) < 4.78 is 50.1. The van der Waals surface area contributed by atoms with Crippen molar-refractivity contribution in [2.45, 2.75) is 44.2 Å². The highest BCUT2D eigenvalue weighted by Crippen LogP contribution is 2.36. The fourth-order valence-corrected chi connectivity index (χ4v) is 6.78. The molecule has 0 aliphatic rings. The molecule has 0 aliphatic heterocycles. The molecule has 0 saturated heterocycles. The number of anilines is 1. The number of nitrogens with zero attached hydrogens (tertiary/aromatic N) is 3. The lowest BCUT2D eigenvalue weighted by Crippen LogP contribution is -2.53. The van der Waals surface area contributed by atoms with Gasteiger partial charge in [0.05, 0.1) is 22.6 Å². The largest absolute Gasteiger partial charge is 0.495 e. The van der Waals surface area contributed by atoms with Gasteiger partial charge in [0, 0.05) is 41.7 Å². The summed E-state index contributed by atoms with van der Waals surface area (Å²) in [4.78, 5) is 40.0. The molecule has 4 aromatic rings. The molecule has 0 aromatic heterocycles. The van der Waals surface area contributed by atoms with E-state index in [0.717, 1.165) is 15.3 Å². The summed E-state index contributed by atoms with van der Waals surface area (Å²) in [6.45, 7) is 2.36. The highest BCUT2D eigenvalue weighted by molar-refractivity contribution is 7.92. The average molecular weight is 711 g/mol. The molecule has 4 rings (SSSR count). The van der Waals surface area contributed by atoms with Crippen LogP contribution in [0.15, 0.2) is 95.9 Å². The molecule has 0 fully saturated rings. The Bertz CT molecular complexity index is 1930. The van der Waals surface area contributed by atoms with Gasteiger partial charge in [0.1, 0.15) is 24.2 Å². The zero-order chi connectivity index (χ0) is 35.7. The van der Waals surface area contributed by atoms with Crippen LogP contribution in [0.2, 0.25) is 5.02 Å². The third kappa shape index (κ3) is 8.92. The highest BCUT2D eigenvalue weighted by Gasteiger charge is 2.36. The molecule has 0 bridgehead atoms. The van der Waals surface area contributed by atoms with E-state index in [1.165, 1.54) is 62.6 Å². The second kappa shape index (κ2) is 16.4. The molecule has 0 heterocycles. The number of sulfonamides is 1. The highest BCUT2D eigenvalue weighted by atomic mass is 35.5. The van der Waals surface area contributed by atoms with Crippen molar-refractivity contribution in [2.75, 3.05) is 24.5 Å². The molecule has 258 valence electrons. The topological polar surface area (TPSA) is 139 Å². The molecule has 0 aliphatic carbocycles. The molecule has 1 N–H and O–H groups in total. The van der Waals surface area contributed by atoms with Crippen LogP contribution in [0.4, 0.5) is 15.8 Å². The maximum Gasteiger partial charge on any atom is 0.273 e. The van der Waals surface area contributed by atoms with E-state index < -0.39 is 55.7 Å². The molecule has 2 amide bonds. The number of methoxy groups -OCH3 is 1. The molecule has 4 aromatic carbocycles. The number of nitro benzene ring substituents is 1. The molecular formula is C35H36ClFN4O7S. The Balaban J connectivity index is 1.89. The fourth-order valence-electron chi connectivity index (χ4n) is 5.18. The van der Waals surface area contributed by atoms with Crippen LogP contribution in [-0.4, -0.2) is 56.3 Å². The first-order valence-electron chi connectivity index (χ1n) is 15.3. The Kier molecular flexibility index (Phi) is 12.3. The second-order valence-corrected chi connectivity index (χ2v) is 13.4. The van der Waals surface area contributed by atoms with Crippen molar-refractivity contribution >= 4 is 44.8 Å². The number of nitrogens with one attached hydrogen (secondary N) is 1. The number of hydrogen-bond acceptors (Lipinski definition) is 7. The average Bonchev–Trinajstić information content (AvgIpc) is 3.08. The van der Waals surface area contributed by atoms with Gasteiger partial charge in [0.15, 0.2) is 0 Å². The lowest BCUT2D eigenvalue weighted by Gasteiger charge is -2.34. The number of carbonyl (C=O) groups is 2. The number of rotatable bonds is 15. The number of aryl methyl sites for hydroxylation is 1. The molecule has 14 heteroatoms. The van der Waals surface area contributed by atoms with Crippen molar-refractivity contribution in [1.29, 1.82) is 0 Å². The Hall–Kier alpha value is -5.01. The van der Waals surface area contributed by atoms with Crippen LogP contribution in [0.5, 0.6) is 5.75 Å². The second-order valence-electron chi connectivity index (χ2n) is 11.1. The van der Waals surface area contributed by atoms with E-state index in [4.69, 9.17) is 16.3 Å². The van der Waals surface area contributed by atoms with Crippen molar-refractivity contribution in [3.8, 4) is 5.75 Å². The van der Waals surface area contributed by atoms with Gasteiger partial charge in [-0.25, -0.2) is 12.8 Å². The smallest absolute Gasteiger partial charge is 0.273 e. The predicted molar refractivity (Wildman–Crippen MR) is 185 cm³/mol. The quantitative estimate of drug-likeness (QED) is 0.117. The fraction of sp³-hybridized carbons (Fsp3) is 0.257. The van der Waals surface area contributed by atoms with E-state index in [1.54, 1.807) is 36.4 Å². The summed E-state index contributed by atoms with van der Waals surface area (Å²) in [5, 5.41) is 14.7. The predicted octanol–water partition coefficient (Wildman–Crippen LogP) is 6.07. The molecule has 0 radical (unpaired) electrons. The van der Waals surface area contributed by atoms with E-state index in [-0.39, 0.29) is 40.6 Å². The van der Waals surface area contributed by atoms with E-state index in [9.17, 15) is 28.1 Å². The van der Waals surface area contributed by atoms with E-state index in [1.807, 2.05) is 6.92 Å². The maximum absolute atomic E-state index is 15.1. The first-order chi connectivity index (χ1) is 23.4. The Morgan fingerprint density at radius 1 is 1.02 bits per heavy atom. The molecule has 0 saturated carbocycles. The Morgan fingerprint density at radius 2 is 1.71 bits per heavy atom. The van der Waals surface area contributed by atoms with Gasteiger partial charge in [0.2, 0.25) is 11.8 Å². The first-order valence-corrected chi connectivity index (χ1v) is 17.1. The van der Waals surface area contributed by atoms with Crippen LogP contribution in [-0.2, 0) is 32.6 Å². The zero-order valence-electron chi connectivity index (χ0n) is 27.1. The van der Waals surface area contributed by atoms with Gasteiger partial charge >= 0.3 is 0 Å². The summed E-state index contributed by atoms with van der Waals surface area (Å²) in [6.07, 6.45) is 0.641. The summed E-state index contributed by atoms with van der Waals surface area (Å²) >= 11 is 6.30. The molecule has 11 nitrogen and oxygen atoms in total. The van der Waals surface area contributed by atoms with Gasteiger partial charge in [-0.05, 0) is 49.2 Å². The zero-order valence-corrected chi connectivity index (χ0v) is 28.7. The Morgan fingerprint density at radius 3 is 2.37 bits per heavy atom. The van der Waals surface area contributed by atoms with Gasteiger partial charge in [0.25, 0.3) is 15.7 Å². The number of halogens is 2. The lowest BCUT2D eigenvalue weighted by molar-refractivity contribution is -0.385. The van der Waals surface area contributed by atoms with E-state index in [2.05, 4.69) is 5.32 Å². The summed E-state index contributed by atoms with van der Waals surface area (Å²) in [6, 6.07) is 21.0. The SMILES string of the molecule is CCCNC(=O)[C@H](Cc1ccccc1)N(Cc1ccccc1F)C(=O)CN(c1cc(Cl)ccc1OC)S(=O)(=O)c1ccc(C)c([N+](=O)[O-])c1. The third-order valence-corrected chi connectivity index (χ3v) is 9.76. The van der Waals surface area contributed by atoms with Crippen LogP contribution in [0.1, 0.15) is 30.0 Å². The monoisotopic (exact) mass is 710 g/mol. The van der Waals surface area contributed by atoms with Crippen LogP contribution in [0.3, 0.4) is 0 Å². The van der Waals surface area contributed by atoms with Crippen LogP contribution < -0.4 is 14.4 Å². The normalized spacial score (nSPS) is 11.8. The molecule has 0 spiro atoms. The van der Waals surface area contributed by atoms with Gasteiger partial charge < -0.3 is 15.0 Å². The minimum absolute atomic E-state index is 0.0320. The van der Waals surface area contributed by atoms with Gasteiger partial charge in [-0.2, -0.15) is 0 Å². The van der Waals surface area contributed by atoms with Crippen LogP contribution in [0.25, 0.3) is 0 Å². The minimum atomic E-state index is -4.74. The van der Waals surface area contributed by atoms with Crippen LogP contribution >= 0.6 is 11.6 Å². The maximum atomic E-state index is 15.1. The first kappa shape index (κ1) is 36.8. The number of ether oxygens (including phenoxy) is 1. The number of benzene rings is 4. The van der Waals surface area contributed by atoms with Gasteiger partial charge in [-0.15, -0.1) is 0 Å². The summed E-state index contributed by atoms with van der Waals surface area (Å²) in [7, 11) is -3.44. The minimum Gasteiger partial charge on any atom is -0.495 e. The summed E-state index contributed by atoms with van der Waals surface area (Å²) in [5.74, 6) is -1.97. The summed E-state index contributed by atoms with van der Waals surface area (Å²) in [5.41, 5.74) is 0.457. The van der Waals surface area contributed by atoms with Crippen molar-refractivity contribution in [2.24, 2.45) is 0 Å². The number of hydrogen-bond donors (Lipinski definition) is 1. The van der Waals surface area contributed by atoms with Crippen molar-refractivity contribution in [1.82, 2.24) is 10.2 Å². The van der Waals surface area contributed by atoms with Crippen molar-refractivity contribution in [3.63, 3.8) is 0 Å². The lowest BCUT2D eigenvalue weighted by atomic mass is 10.0. The van der Waals surface area contributed by atoms with E-state index >= 15 is 4.39 Å². The molecule has 49 heavy (non-hydrogen) atoms. The molecule has 0 unspecified atom stereocenters. The number of nitro groups is 1. The van der Waals surface area contributed by atoms with Crippen molar-refractivity contribution < 1.29 is 32.1 Å². The van der Waals surface area contributed by atoms with Gasteiger partial charge in [-0.3, -0.25) is 24.0 Å². The van der Waals surface area contributed by atoms with Crippen molar-refractivity contribution in [3.05, 3.63) is 129 Å². The van der Waals surface area contributed by atoms with E-state index in [0.29, 0.717) is 18.5 Å². The Labute approximate surface area is 289 Å². The van der Waals surface area contributed by atoms with Crippen LogP contribution in [0, 0.1) is 22.9 Å². The van der Waals surface area contributed by atoms with Gasteiger partial charge in [-0.1, -0.05) is 73.1 Å². The third-order valence-electron chi connectivity index (χ3n) is 7.77. The standard InChI is InChI=1S/C35H36ClFN4O7S/c1-4-18-38-35(43)32(19-25-10-6-5-7-11-25)39(22-26-12-8-9-13-29(26)37)34(42)23-40(31-20-27(36)15-17-33(31)48-3)49(46,47)28-16-14-24(2)30(21-28)41(44)45/h5-17,20-21,32H,4,18-19,22-23H2,1-3H3,(H,38,43)/t32-/m0/s1. The molecule has 1 atom stereocenters.